The number of benzene rings is 1. The average Bonchev–Trinajstić information content (AvgIpc) is 1.86. The van der Waals surface area contributed by atoms with E-state index in [4.69, 9.17) is 5.73 Å². The van der Waals surface area contributed by atoms with Crippen LogP contribution >= 0.6 is 12.4 Å². The number of nitrogen functional groups attached to an aromatic ring is 1. The first-order valence-electron chi connectivity index (χ1n) is 2.93. The molecule has 0 saturated heterocycles. The molecule has 0 aromatic heterocycles. The van der Waals surface area contributed by atoms with Crippen molar-refractivity contribution in [2.24, 2.45) is 0 Å². The molecule has 0 atom stereocenters. The summed E-state index contributed by atoms with van der Waals surface area (Å²) >= 11 is 0. The van der Waals surface area contributed by atoms with E-state index < -0.39 is 11.7 Å². The van der Waals surface area contributed by atoms with Crippen molar-refractivity contribution in [3.05, 3.63) is 29.8 Å². The fourth-order valence-electron chi connectivity index (χ4n) is 0.715. The van der Waals surface area contributed by atoms with Gasteiger partial charge < -0.3 is 5.73 Å². The summed E-state index contributed by atoms with van der Waals surface area (Å²) in [5.74, 6) is 0. The van der Waals surface area contributed by atoms with Gasteiger partial charge in [0.1, 0.15) is 0 Å². The highest BCUT2D eigenvalue weighted by Crippen LogP contribution is 2.29. The zero-order valence-electron chi connectivity index (χ0n) is 5.93. The normalized spacial score (nSPS) is 10.6. The molecule has 0 heterocycles. The van der Waals surface area contributed by atoms with Crippen LogP contribution in [0.25, 0.3) is 0 Å². The second kappa shape index (κ2) is 3.67. The molecule has 1 nitrogen and oxygen atoms in total. The molecule has 0 aliphatic rings. The van der Waals surface area contributed by atoms with Crippen LogP contribution in [0, 0.1) is 0 Å². The average molecular weight is 198 g/mol. The Bertz CT molecular complexity index is 259. The number of anilines is 1. The summed E-state index contributed by atoms with van der Waals surface area (Å²) in [4.78, 5) is 0. The van der Waals surface area contributed by atoms with Gasteiger partial charge in [0.15, 0.2) is 0 Å². The van der Waals surface area contributed by atoms with Crippen molar-refractivity contribution < 1.29 is 13.2 Å². The van der Waals surface area contributed by atoms with Crippen molar-refractivity contribution in [3.63, 3.8) is 0 Å². The predicted molar refractivity (Wildman–Crippen MR) is 43.1 cm³/mol. The maximum absolute atomic E-state index is 11.9. The molecule has 0 unspecified atom stereocenters. The molecule has 1 aromatic carbocycles. The lowest BCUT2D eigenvalue weighted by molar-refractivity contribution is -0.137. The highest BCUT2D eigenvalue weighted by molar-refractivity contribution is 5.85. The van der Waals surface area contributed by atoms with Gasteiger partial charge in [-0.15, -0.1) is 12.4 Å². The van der Waals surface area contributed by atoms with Crippen molar-refractivity contribution in [3.8, 4) is 0 Å². The van der Waals surface area contributed by atoms with E-state index in [1.807, 2.05) is 0 Å². The van der Waals surface area contributed by atoms with E-state index in [1.54, 1.807) is 0 Å². The van der Waals surface area contributed by atoms with E-state index in [0.717, 1.165) is 12.1 Å². The third-order valence-electron chi connectivity index (χ3n) is 1.21. The minimum absolute atomic E-state index is 0. The van der Waals surface area contributed by atoms with E-state index in [0.29, 0.717) is 0 Å². The zero-order valence-corrected chi connectivity index (χ0v) is 6.75. The van der Waals surface area contributed by atoms with Crippen molar-refractivity contribution in [2.75, 3.05) is 5.73 Å². The number of nitrogens with two attached hydrogens (primary N) is 1. The van der Waals surface area contributed by atoms with Crippen LogP contribution in [-0.4, -0.2) is 0 Å². The van der Waals surface area contributed by atoms with Crippen LogP contribution in [0.1, 0.15) is 5.56 Å². The fourth-order valence-corrected chi connectivity index (χ4v) is 0.715. The molecule has 0 radical (unpaired) electrons. The van der Waals surface area contributed by atoms with Crippen molar-refractivity contribution in [1.82, 2.24) is 0 Å². The number of alkyl halides is 3. The Morgan fingerprint density at radius 1 is 1.17 bits per heavy atom. The highest BCUT2D eigenvalue weighted by atomic mass is 35.5. The van der Waals surface area contributed by atoms with Gasteiger partial charge in [-0.05, 0) is 18.2 Å². The zero-order chi connectivity index (χ0) is 8.48. The SMILES string of the molecule is Cl.Nc1cccc(C(F)(F)F)c1. The van der Waals surface area contributed by atoms with Crippen LogP contribution in [0.4, 0.5) is 18.9 Å². The number of hydrogen-bond donors (Lipinski definition) is 1. The maximum Gasteiger partial charge on any atom is 0.416 e. The van der Waals surface area contributed by atoms with E-state index >= 15 is 0 Å². The monoisotopic (exact) mass is 197 g/mol. The number of halogens is 4. The summed E-state index contributed by atoms with van der Waals surface area (Å²) in [7, 11) is 0. The summed E-state index contributed by atoms with van der Waals surface area (Å²) in [5, 5.41) is 0. The third-order valence-corrected chi connectivity index (χ3v) is 1.21. The summed E-state index contributed by atoms with van der Waals surface area (Å²) in [6.07, 6.45) is -4.30. The first kappa shape index (κ1) is 11.1. The highest BCUT2D eigenvalue weighted by Gasteiger charge is 2.30. The van der Waals surface area contributed by atoms with Crippen molar-refractivity contribution in [1.29, 1.82) is 0 Å². The molecule has 0 aliphatic heterocycles. The van der Waals surface area contributed by atoms with Gasteiger partial charge in [0.05, 0.1) is 5.56 Å². The molecular formula is C7H7ClF3N. The summed E-state index contributed by atoms with van der Waals surface area (Å²) in [5.41, 5.74) is 4.57. The van der Waals surface area contributed by atoms with Gasteiger partial charge in [-0.3, -0.25) is 0 Å². The Labute approximate surface area is 73.8 Å². The topological polar surface area (TPSA) is 26.0 Å². The van der Waals surface area contributed by atoms with Gasteiger partial charge in [-0.25, -0.2) is 0 Å². The van der Waals surface area contributed by atoms with Gasteiger partial charge in [-0.1, -0.05) is 6.07 Å². The molecule has 0 fully saturated rings. The minimum Gasteiger partial charge on any atom is -0.399 e. The van der Waals surface area contributed by atoms with Gasteiger partial charge in [0.2, 0.25) is 0 Å². The van der Waals surface area contributed by atoms with Crippen molar-refractivity contribution in [2.45, 2.75) is 6.18 Å². The van der Waals surface area contributed by atoms with Crippen LogP contribution in [0.15, 0.2) is 24.3 Å². The molecular weight excluding hydrogens is 191 g/mol. The summed E-state index contributed by atoms with van der Waals surface area (Å²) in [6.45, 7) is 0. The quantitative estimate of drug-likeness (QED) is 0.636. The lowest BCUT2D eigenvalue weighted by Gasteiger charge is -2.05. The Morgan fingerprint density at radius 2 is 1.75 bits per heavy atom. The van der Waals surface area contributed by atoms with E-state index in [1.165, 1.54) is 12.1 Å². The largest absolute Gasteiger partial charge is 0.416 e. The number of hydrogen-bond acceptors (Lipinski definition) is 1. The van der Waals surface area contributed by atoms with Gasteiger partial charge >= 0.3 is 6.18 Å². The molecule has 0 saturated carbocycles. The first-order valence-corrected chi connectivity index (χ1v) is 2.93. The Kier molecular flexibility index (Phi) is 3.39. The lowest BCUT2D eigenvalue weighted by atomic mass is 10.2. The van der Waals surface area contributed by atoms with Crippen LogP contribution < -0.4 is 5.73 Å². The molecule has 12 heavy (non-hydrogen) atoms. The minimum atomic E-state index is -4.30. The van der Waals surface area contributed by atoms with Gasteiger partial charge in [0.25, 0.3) is 0 Å². The van der Waals surface area contributed by atoms with Crippen LogP contribution in [0.5, 0.6) is 0 Å². The summed E-state index contributed by atoms with van der Waals surface area (Å²) in [6, 6.07) is 4.57. The summed E-state index contributed by atoms with van der Waals surface area (Å²) < 4.78 is 35.7. The maximum atomic E-state index is 11.9. The predicted octanol–water partition coefficient (Wildman–Crippen LogP) is 2.71. The molecule has 0 amide bonds. The lowest BCUT2D eigenvalue weighted by Crippen LogP contribution is -2.04. The molecule has 0 spiro atoms. The molecule has 1 aromatic rings. The second-order valence-electron chi connectivity index (χ2n) is 2.12. The standard InChI is InChI=1S/C7H6F3N.ClH/c8-7(9,10)5-2-1-3-6(11)4-5;/h1-4H,11H2;1H. The molecule has 5 heteroatoms. The third kappa shape index (κ3) is 2.62. The molecule has 2 N–H and O–H groups in total. The molecule has 1 rings (SSSR count). The van der Waals surface area contributed by atoms with E-state index in [9.17, 15) is 13.2 Å². The van der Waals surface area contributed by atoms with Gasteiger partial charge in [0, 0.05) is 5.69 Å². The number of rotatable bonds is 0. The van der Waals surface area contributed by atoms with Crippen LogP contribution in [0.2, 0.25) is 0 Å². The van der Waals surface area contributed by atoms with Crippen molar-refractivity contribution >= 4 is 18.1 Å². The Balaban J connectivity index is 0.00000121. The first-order chi connectivity index (χ1) is 5.00. The fraction of sp³-hybridized carbons (Fsp3) is 0.143. The van der Waals surface area contributed by atoms with Gasteiger partial charge in [-0.2, -0.15) is 13.2 Å². The van der Waals surface area contributed by atoms with Crippen LogP contribution in [0.3, 0.4) is 0 Å². The Morgan fingerprint density at radius 3 is 2.08 bits per heavy atom. The van der Waals surface area contributed by atoms with E-state index in [-0.39, 0.29) is 18.1 Å². The Hall–Kier alpha value is -0.900. The molecule has 68 valence electrons. The molecule has 0 bridgehead atoms. The molecule has 0 aliphatic carbocycles. The second-order valence-corrected chi connectivity index (χ2v) is 2.12. The van der Waals surface area contributed by atoms with E-state index in [2.05, 4.69) is 0 Å². The smallest absolute Gasteiger partial charge is 0.399 e. The van der Waals surface area contributed by atoms with Crippen LogP contribution in [-0.2, 0) is 6.18 Å².